The molecule has 0 unspecified atom stereocenters. The molecule has 1 atom stereocenters. The molecule has 0 heterocycles. The van der Waals surface area contributed by atoms with E-state index < -0.39 is 28.5 Å². The van der Waals surface area contributed by atoms with Crippen molar-refractivity contribution in [3.8, 4) is 0 Å². The number of hydrogen-bond acceptors (Lipinski definition) is 4. The molecular weight excluding hydrogens is 612 g/mol. The lowest BCUT2D eigenvalue weighted by molar-refractivity contribution is -0.139. The highest BCUT2D eigenvalue weighted by Gasteiger charge is 2.30. The minimum absolute atomic E-state index is 0.0579. The van der Waals surface area contributed by atoms with Gasteiger partial charge < -0.3 is 10.2 Å². The Bertz CT molecular complexity index is 1110. The molecule has 0 aliphatic heterocycles. The van der Waals surface area contributed by atoms with E-state index in [9.17, 15) is 18.0 Å². The molecule has 34 heavy (non-hydrogen) atoms. The maximum absolute atomic E-state index is 13.5. The first-order valence-electron chi connectivity index (χ1n) is 10.7. The van der Waals surface area contributed by atoms with E-state index in [1.54, 1.807) is 49.4 Å². The number of benzene rings is 2. The number of hydrogen-bond donors (Lipinski definition) is 1. The number of anilines is 1. The third kappa shape index (κ3) is 8.28. The molecule has 7 nitrogen and oxygen atoms in total. The molecule has 0 bridgehead atoms. The number of halogens is 3. The largest absolute Gasteiger partial charge is 0.354 e. The van der Waals surface area contributed by atoms with Gasteiger partial charge in [0.15, 0.2) is 0 Å². The van der Waals surface area contributed by atoms with Gasteiger partial charge in [-0.25, -0.2) is 8.42 Å². The molecule has 0 radical (unpaired) electrons. The van der Waals surface area contributed by atoms with Crippen LogP contribution in [-0.2, 0) is 26.2 Å². The van der Waals surface area contributed by atoms with Crippen molar-refractivity contribution in [1.29, 1.82) is 0 Å². The van der Waals surface area contributed by atoms with Crippen LogP contribution in [0.1, 0.15) is 32.3 Å². The van der Waals surface area contributed by atoms with Crippen LogP contribution in [0.15, 0.2) is 42.5 Å². The Morgan fingerprint density at radius 2 is 1.74 bits per heavy atom. The van der Waals surface area contributed by atoms with Crippen LogP contribution < -0.4 is 9.62 Å². The average molecular weight is 640 g/mol. The van der Waals surface area contributed by atoms with Gasteiger partial charge in [0.2, 0.25) is 21.8 Å². The second-order valence-corrected chi connectivity index (χ2v) is 11.8. The van der Waals surface area contributed by atoms with Crippen molar-refractivity contribution in [2.45, 2.75) is 39.3 Å². The lowest BCUT2D eigenvalue weighted by Gasteiger charge is -2.31. The minimum Gasteiger partial charge on any atom is -0.354 e. The van der Waals surface area contributed by atoms with E-state index in [-0.39, 0.29) is 12.5 Å². The van der Waals surface area contributed by atoms with Gasteiger partial charge in [-0.15, -0.1) is 0 Å². The smallest absolute Gasteiger partial charge is 0.244 e. The summed E-state index contributed by atoms with van der Waals surface area (Å²) in [5.41, 5.74) is 1.03. The number of rotatable bonds is 11. The molecule has 1 N–H and O–H groups in total. The van der Waals surface area contributed by atoms with Crippen LogP contribution in [0.2, 0.25) is 10.0 Å². The Hall–Kier alpha value is -1.56. The van der Waals surface area contributed by atoms with Gasteiger partial charge in [0.05, 0.1) is 22.0 Å². The predicted octanol–water partition coefficient (Wildman–Crippen LogP) is 4.70. The molecule has 0 saturated heterocycles. The fraction of sp³-hybridized carbons (Fsp3) is 0.391. The Morgan fingerprint density at radius 1 is 1.09 bits per heavy atom. The summed E-state index contributed by atoms with van der Waals surface area (Å²) >= 11 is 14.3. The summed E-state index contributed by atoms with van der Waals surface area (Å²) in [6, 6.07) is 10.9. The lowest BCUT2D eigenvalue weighted by Crippen LogP contribution is -2.51. The molecule has 2 rings (SSSR count). The third-order valence-corrected chi connectivity index (χ3v) is 7.73. The van der Waals surface area contributed by atoms with E-state index in [1.807, 2.05) is 6.92 Å². The van der Waals surface area contributed by atoms with Gasteiger partial charge in [-0.1, -0.05) is 42.6 Å². The van der Waals surface area contributed by atoms with Gasteiger partial charge in [0.25, 0.3) is 0 Å². The van der Waals surface area contributed by atoms with Crippen molar-refractivity contribution in [2.24, 2.45) is 0 Å². The number of amides is 2. The standard InChI is InChI=1S/C23H28Cl2IN3O4S/c1-4-5-12-27-23(31)16(2)28(14-17-6-11-20(24)21(25)13-17)22(30)15-29(34(3,32)33)19-9-7-18(26)8-10-19/h6-11,13,16H,4-5,12,14-15H2,1-3H3,(H,27,31)/t16-/m0/s1. The van der Waals surface area contributed by atoms with E-state index in [4.69, 9.17) is 23.2 Å². The molecule has 0 aromatic heterocycles. The molecule has 186 valence electrons. The molecule has 2 amide bonds. The fourth-order valence-corrected chi connectivity index (χ4v) is 4.70. The summed E-state index contributed by atoms with van der Waals surface area (Å²) in [4.78, 5) is 27.6. The SMILES string of the molecule is CCCCNC(=O)[C@H](C)N(Cc1ccc(Cl)c(Cl)c1)C(=O)CN(c1ccc(I)cc1)S(C)(=O)=O. The molecule has 2 aromatic carbocycles. The summed E-state index contributed by atoms with van der Waals surface area (Å²) in [5, 5.41) is 3.53. The summed E-state index contributed by atoms with van der Waals surface area (Å²) in [5.74, 6) is -0.838. The monoisotopic (exact) mass is 639 g/mol. The van der Waals surface area contributed by atoms with Crippen LogP contribution in [0.3, 0.4) is 0 Å². The molecule has 2 aromatic rings. The van der Waals surface area contributed by atoms with Gasteiger partial charge in [-0.3, -0.25) is 13.9 Å². The number of sulfonamides is 1. The Morgan fingerprint density at radius 3 is 2.29 bits per heavy atom. The van der Waals surface area contributed by atoms with Gasteiger partial charge in [-0.05, 0) is 77.9 Å². The first-order valence-corrected chi connectivity index (χ1v) is 14.4. The number of nitrogens with one attached hydrogen (secondary N) is 1. The predicted molar refractivity (Wildman–Crippen MR) is 146 cm³/mol. The topological polar surface area (TPSA) is 86.8 Å². The minimum atomic E-state index is -3.76. The van der Waals surface area contributed by atoms with Crippen molar-refractivity contribution in [3.05, 3.63) is 61.6 Å². The Kier molecular flexibility index (Phi) is 10.9. The van der Waals surface area contributed by atoms with Gasteiger partial charge in [0, 0.05) is 16.7 Å². The molecule has 0 fully saturated rings. The second-order valence-electron chi connectivity index (χ2n) is 7.84. The molecular formula is C23H28Cl2IN3O4S. The summed E-state index contributed by atoms with van der Waals surface area (Å²) < 4.78 is 27.0. The maximum atomic E-state index is 13.5. The fourth-order valence-electron chi connectivity index (χ4n) is 3.17. The van der Waals surface area contributed by atoms with E-state index in [0.29, 0.717) is 27.8 Å². The van der Waals surface area contributed by atoms with Gasteiger partial charge >= 0.3 is 0 Å². The average Bonchev–Trinajstić information content (AvgIpc) is 2.77. The van der Waals surface area contributed by atoms with Crippen molar-refractivity contribution in [3.63, 3.8) is 0 Å². The highest BCUT2D eigenvalue weighted by Crippen LogP contribution is 2.24. The normalized spacial score (nSPS) is 12.2. The molecule has 0 saturated carbocycles. The van der Waals surface area contributed by atoms with Crippen molar-refractivity contribution >= 4 is 73.3 Å². The van der Waals surface area contributed by atoms with Crippen molar-refractivity contribution < 1.29 is 18.0 Å². The highest BCUT2D eigenvalue weighted by atomic mass is 127. The van der Waals surface area contributed by atoms with Crippen LogP contribution in [0.25, 0.3) is 0 Å². The third-order valence-electron chi connectivity index (χ3n) is 5.13. The van der Waals surface area contributed by atoms with Gasteiger partial charge in [0.1, 0.15) is 12.6 Å². The Balaban J connectivity index is 2.36. The van der Waals surface area contributed by atoms with Crippen LogP contribution in [0.4, 0.5) is 5.69 Å². The highest BCUT2D eigenvalue weighted by molar-refractivity contribution is 14.1. The quantitative estimate of drug-likeness (QED) is 0.285. The molecule has 11 heteroatoms. The maximum Gasteiger partial charge on any atom is 0.244 e. The molecule has 0 spiro atoms. The summed E-state index contributed by atoms with van der Waals surface area (Å²) in [6.45, 7) is 3.73. The number of unbranched alkanes of at least 4 members (excludes halogenated alkanes) is 1. The zero-order valence-electron chi connectivity index (χ0n) is 19.2. The first kappa shape index (κ1) is 28.7. The molecule has 0 aliphatic rings. The van der Waals surface area contributed by atoms with Crippen LogP contribution >= 0.6 is 45.8 Å². The van der Waals surface area contributed by atoms with Crippen LogP contribution in [0.5, 0.6) is 0 Å². The van der Waals surface area contributed by atoms with Crippen molar-refractivity contribution in [2.75, 3.05) is 23.7 Å². The van der Waals surface area contributed by atoms with Gasteiger partial charge in [-0.2, -0.15) is 0 Å². The number of nitrogens with zero attached hydrogens (tertiary/aromatic N) is 2. The van der Waals surface area contributed by atoms with E-state index in [1.165, 1.54) is 4.90 Å². The molecule has 0 aliphatic carbocycles. The van der Waals surface area contributed by atoms with E-state index >= 15 is 0 Å². The Labute approximate surface area is 225 Å². The lowest BCUT2D eigenvalue weighted by atomic mass is 10.1. The van der Waals surface area contributed by atoms with Crippen molar-refractivity contribution in [1.82, 2.24) is 10.2 Å². The number of carbonyl (C=O) groups is 2. The second kappa shape index (κ2) is 12.9. The van der Waals surface area contributed by atoms with Crippen LogP contribution in [-0.4, -0.2) is 50.5 Å². The summed E-state index contributed by atoms with van der Waals surface area (Å²) in [6.07, 6.45) is 2.77. The summed E-state index contributed by atoms with van der Waals surface area (Å²) in [7, 11) is -3.76. The van der Waals surface area contributed by atoms with E-state index in [0.717, 1.165) is 27.0 Å². The van der Waals surface area contributed by atoms with Crippen LogP contribution in [0, 0.1) is 3.57 Å². The number of carbonyl (C=O) groups excluding carboxylic acids is 2. The van der Waals surface area contributed by atoms with E-state index in [2.05, 4.69) is 27.9 Å². The zero-order chi connectivity index (χ0) is 25.5. The first-order chi connectivity index (χ1) is 15.9. The zero-order valence-corrected chi connectivity index (χ0v) is 23.7.